The molecule has 1 heterocycles. The molecule has 3 aromatic rings. The maximum atomic E-state index is 13.1. The Hall–Kier alpha value is -2.36. The van der Waals surface area contributed by atoms with Crippen LogP contribution in [0.1, 0.15) is 5.56 Å². The van der Waals surface area contributed by atoms with Crippen molar-refractivity contribution in [1.82, 2.24) is 4.57 Å². The predicted molar refractivity (Wildman–Crippen MR) is 71.8 cm³/mol. The summed E-state index contributed by atoms with van der Waals surface area (Å²) in [6.45, 7) is 0.529. The Morgan fingerprint density at radius 3 is 2.47 bits per heavy atom. The monoisotopic (exact) mass is 258 g/mol. The maximum absolute atomic E-state index is 13.1. The molecule has 19 heavy (non-hydrogen) atoms. The number of nitrogens with zero attached hydrogens (tertiary/aromatic N) is 1. The number of fused-ring (bicyclic) bond motifs is 1. The molecular weight excluding hydrogens is 246 g/mol. The van der Waals surface area contributed by atoms with Gasteiger partial charge in [0.2, 0.25) is 0 Å². The summed E-state index contributed by atoms with van der Waals surface area (Å²) in [4.78, 5) is 0. The molecule has 3 rings (SSSR count). The Kier molecular flexibility index (Phi) is 2.71. The molecular formula is C15H12F2N2. The molecule has 4 heteroatoms. The van der Waals surface area contributed by atoms with Crippen LogP contribution >= 0.6 is 0 Å². The molecule has 0 bridgehead atoms. The molecule has 0 saturated heterocycles. The summed E-state index contributed by atoms with van der Waals surface area (Å²) >= 11 is 0. The van der Waals surface area contributed by atoms with Crippen LogP contribution in [0, 0.1) is 11.6 Å². The van der Waals surface area contributed by atoms with E-state index in [1.54, 1.807) is 12.1 Å². The molecule has 1 aromatic heterocycles. The van der Waals surface area contributed by atoms with Gasteiger partial charge in [0, 0.05) is 29.3 Å². The van der Waals surface area contributed by atoms with Gasteiger partial charge in [-0.05, 0) is 42.0 Å². The first-order chi connectivity index (χ1) is 9.13. The van der Waals surface area contributed by atoms with Crippen molar-refractivity contribution in [2.24, 2.45) is 0 Å². The number of nitrogens with two attached hydrogens (primary N) is 1. The van der Waals surface area contributed by atoms with Crippen LogP contribution < -0.4 is 5.73 Å². The molecule has 0 aliphatic heterocycles. The lowest BCUT2D eigenvalue weighted by atomic mass is 10.1. The molecule has 0 aliphatic rings. The average molecular weight is 258 g/mol. The number of aromatic nitrogens is 1. The van der Waals surface area contributed by atoms with Gasteiger partial charge in [0.15, 0.2) is 0 Å². The fourth-order valence-corrected chi connectivity index (χ4v) is 2.20. The lowest BCUT2D eigenvalue weighted by molar-refractivity contribution is 0.627. The Morgan fingerprint density at radius 2 is 1.68 bits per heavy atom. The first kappa shape index (κ1) is 11.7. The van der Waals surface area contributed by atoms with Gasteiger partial charge in [-0.1, -0.05) is 6.07 Å². The molecule has 0 aliphatic carbocycles. The van der Waals surface area contributed by atoms with Crippen LogP contribution in [0.2, 0.25) is 0 Å². The minimum atomic E-state index is -0.347. The Labute approximate surface area is 109 Å². The van der Waals surface area contributed by atoms with E-state index in [0.717, 1.165) is 16.5 Å². The number of hydrogen-bond acceptors (Lipinski definition) is 1. The molecule has 0 atom stereocenters. The van der Waals surface area contributed by atoms with Crippen molar-refractivity contribution in [1.29, 1.82) is 0 Å². The summed E-state index contributed by atoms with van der Waals surface area (Å²) < 4.78 is 28.1. The van der Waals surface area contributed by atoms with E-state index in [1.807, 2.05) is 16.8 Å². The summed E-state index contributed by atoms with van der Waals surface area (Å²) in [7, 11) is 0. The van der Waals surface area contributed by atoms with E-state index in [2.05, 4.69) is 0 Å². The van der Waals surface area contributed by atoms with Gasteiger partial charge in [-0.3, -0.25) is 0 Å². The summed E-state index contributed by atoms with van der Waals surface area (Å²) in [6, 6.07) is 10.8. The standard InChI is InChI=1S/C15H12F2N2/c16-12-3-4-15-10(7-12)5-6-19(15)9-11-1-2-13(17)8-14(11)18/h1-8H,9,18H2. The zero-order valence-corrected chi connectivity index (χ0v) is 10.1. The third-order valence-corrected chi connectivity index (χ3v) is 3.18. The van der Waals surface area contributed by atoms with Gasteiger partial charge < -0.3 is 10.3 Å². The van der Waals surface area contributed by atoms with E-state index in [0.29, 0.717) is 12.2 Å². The second-order valence-electron chi connectivity index (χ2n) is 4.49. The Balaban J connectivity index is 2.01. The minimum Gasteiger partial charge on any atom is -0.398 e. The van der Waals surface area contributed by atoms with E-state index in [9.17, 15) is 8.78 Å². The number of anilines is 1. The highest BCUT2D eigenvalue weighted by Crippen LogP contribution is 2.21. The second-order valence-corrected chi connectivity index (χ2v) is 4.49. The number of halogens is 2. The normalized spacial score (nSPS) is 11.1. The Morgan fingerprint density at radius 1 is 0.947 bits per heavy atom. The predicted octanol–water partition coefficient (Wildman–Crippen LogP) is 3.55. The molecule has 2 aromatic carbocycles. The summed E-state index contributed by atoms with van der Waals surface area (Å²) in [6.07, 6.45) is 1.87. The van der Waals surface area contributed by atoms with Crippen LogP contribution in [0.5, 0.6) is 0 Å². The molecule has 0 fully saturated rings. The third kappa shape index (κ3) is 2.17. The second kappa shape index (κ2) is 4.39. The zero-order chi connectivity index (χ0) is 13.4. The minimum absolute atomic E-state index is 0.258. The van der Waals surface area contributed by atoms with Crippen molar-refractivity contribution in [3.63, 3.8) is 0 Å². The van der Waals surface area contributed by atoms with E-state index < -0.39 is 0 Å². The number of rotatable bonds is 2. The van der Waals surface area contributed by atoms with Gasteiger partial charge in [-0.15, -0.1) is 0 Å². The first-order valence-electron chi connectivity index (χ1n) is 5.92. The van der Waals surface area contributed by atoms with Crippen LogP contribution in [0.25, 0.3) is 10.9 Å². The van der Waals surface area contributed by atoms with Crippen LogP contribution in [-0.2, 0) is 6.54 Å². The van der Waals surface area contributed by atoms with E-state index in [4.69, 9.17) is 5.73 Å². The lowest BCUT2D eigenvalue weighted by Gasteiger charge is -2.08. The van der Waals surface area contributed by atoms with Crippen LogP contribution in [0.4, 0.5) is 14.5 Å². The number of benzene rings is 2. The van der Waals surface area contributed by atoms with Gasteiger partial charge in [0.25, 0.3) is 0 Å². The average Bonchev–Trinajstić information content (AvgIpc) is 2.75. The van der Waals surface area contributed by atoms with Gasteiger partial charge >= 0.3 is 0 Å². The van der Waals surface area contributed by atoms with Crippen molar-refractivity contribution in [3.05, 3.63) is 65.9 Å². The van der Waals surface area contributed by atoms with Gasteiger partial charge in [0.05, 0.1) is 0 Å². The largest absolute Gasteiger partial charge is 0.398 e. The third-order valence-electron chi connectivity index (χ3n) is 3.18. The quantitative estimate of drug-likeness (QED) is 0.700. The highest BCUT2D eigenvalue weighted by molar-refractivity contribution is 5.80. The van der Waals surface area contributed by atoms with Gasteiger partial charge in [-0.2, -0.15) is 0 Å². The summed E-state index contributed by atoms with van der Waals surface area (Å²) in [5.74, 6) is -0.604. The first-order valence-corrected chi connectivity index (χ1v) is 5.92. The van der Waals surface area contributed by atoms with Crippen molar-refractivity contribution >= 4 is 16.6 Å². The van der Waals surface area contributed by atoms with Crippen molar-refractivity contribution in [2.45, 2.75) is 6.54 Å². The SMILES string of the molecule is Nc1cc(F)ccc1Cn1ccc2cc(F)ccc21. The summed E-state index contributed by atoms with van der Waals surface area (Å²) in [5, 5.41) is 0.834. The van der Waals surface area contributed by atoms with Gasteiger partial charge in [0.1, 0.15) is 11.6 Å². The zero-order valence-electron chi connectivity index (χ0n) is 10.1. The molecule has 0 saturated carbocycles. The maximum Gasteiger partial charge on any atom is 0.125 e. The molecule has 2 N–H and O–H groups in total. The molecule has 0 radical (unpaired) electrons. The fourth-order valence-electron chi connectivity index (χ4n) is 2.20. The number of hydrogen-bond donors (Lipinski definition) is 1. The van der Waals surface area contributed by atoms with Crippen molar-refractivity contribution in [2.75, 3.05) is 5.73 Å². The van der Waals surface area contributed by atoms with E-state index >= 15 is 0 Å². The molecule has 0 unspecified atom stereocenters. The molecule has 0 amide bonds. The molecule has 0 spiro atoms. The fraction of sp³-hybridized carbons (Fsp3) is 0.0667. The lowest BCUT2D eigenvalue weighted by Crippen LogP contribution is -2.02. The van der Waals surface area contributed by atoms with E-state index in [-0.39, 0.29) is 11.6 Å². The van der Waals surface area contributed by atoms with Crippen LogP contribution in [-0.4, -0.2) is 4.57 Å². The van der Waals surface area contributed by atoms with E-state index in [1.165, 1.54) is 24.3 Å². The Bertz CT molecular complexity index is 747. The van der Waals surface area contributed by atoms with Crippen LogP contribution in [0.3, 0.4) is 0 Å². The number of nitrogen functional groups attached to an aromatic ring is 1. The topological polar surface area (TPSA) is 30.9 Å². The molecule has 2 nitrogen and oxygen atoms in total. The van der Waals surface area contributed by atoms with Crippen molar-refractivity contribution < 1.29 is 8.78 Å². The van der Waals surface area contributed by atoms with Gasteiger partial charge in [-0.25, -0.2) is 8.78 Å². The summed E-state index contributed by atoms with van der Waals surface area (Å²) in [5.41, 5.74) is 7.97. The highest BCUT2D eigenvalue weighted by Gasteiger charge is 2.05. The highest BCUT2D eigenvalue weighted by atomic mass is 19.1. The molecule has 96 valence electrons. The van der Waals surface area contributed by atoms with Crippen molar-refractivity contribution in [3.8, 4) is 0 Å². The van der Waals surface area contributed by atoms with Crippen LogP contribution in [0.15, 0.2) is 48.7 Å². The smallest absolute Gasteiger partial charge is 0.125 e.